The first-order valence-electron chi connectivity index (χ1n) is 3.87. The normalized spacial score (nSPS) is 11.0. The van der Waals surface area contributed by atoms with E-state index in [9.17, 15) is 8.78 Å². The van der Waals surface area contributed by atoms with Crippen LogP contribution in [0.1, 0.15) is 23.2 Å². The van der Waals surface area contributed by atoms with Crippen molar-refractivity contribution in [1.29, 1.82) is 0 Å². The number of alkyl halides is 2. The molecule has 0 saturated heterocycles. The zero-order chi connectivity index (χ0) is 10.7. The molecule has 14 heavy (non-hydrogen) atoms. The molecule has 0 aliphatic rings. The Labute approximate surface area is 93.5 Å². The number of nitrogens with zero attached hydrogens (tertiary/aromatic N) is 1. The van der Waals surface area contributed by atoms with Crippen LogP contribution in [-0.4, -0.2) is 10.1 Å². The van der Waals surface area contributed by atoms with E-state index in [2.05, 4.69) is 4.98 Å². The minimum absolute atomic E-state index is 0.0520. The molecule has 0 aromatic carbocycles. The van der Waals surface area contributed by atoms with Gasteiger partial charge < -0.3 is 10.8 Å². The summed E-state index contributed by atoms with van der Waals surface area (Å²) in [7, 11) is 0. The molecule has 3 nitrogen and oxygen atoms in total. The number of aliphatic hydroxyl groups is 1. The number of pyridine rings is 1. The lowest BCUT2D eigenvalue weighted by Gasteiger charge is -2.12. The zero-order valence-electron chi connectivity index (χ0n) is 7.17. The van der Waals surface area contributed by atoms with E-state index in [0.717, 1.165) is 0 Å². The Kier molecular flexibility index (Phi) is 4.14. The summed E-state index contributed by atoms with van der Waals surface area (Å²) in [6.07, 6.45) is -1.22. The van der Waals surface area contributed by atoms with Gasteiger partial charge in [-0.25, -0.2) is 8.78 Å². The predicted molar refractivity (Wildman–Crippen MR) is 55.7 cm³/mol. The molecule has 3 N–H and O–H groups in total. The average Bonchev–Trinajstić information content (AvgIpc) is 2.17. The highest BCUT2D eigenvalue weighted by Gasteiger charge is 2.19. The van der Waals surface area contributed by atoms with Crippen LogP contribution >= 0.6 is 22.6 Å². The van der Waals surface area contributed by atoms with Crippen LogP contribution in [-0.2, 0) is 13.2 Å². The lowest BCUT2D eigenvalue weighted by atomic mass is 10.1. The van der Waals surface area contributed by atoms with Gasteiger partial charge in [-0.1, -0.05) is 0 Å². The topological polar surface area (TPSA) is 59.1 Å². The van der Waals surface area contributed by atoms with E-state index in [-0.39, 0.29) is 23.4 Å². The molecule has 1 aromatic heterocycles. The van der Waals surface area contributed by atoms with Gasteiger partial charge in [-0.3, -0.25) is 4.98 Å². The van der Waals surface area contributed by atoms with Crippen LogP contribution in [0.2, 0.25) is 0 Å². The van der Waals surface area contributed by atoms with Crippen molar-refractivity contribution in [2.45, 2.75) is 19.6 Å². The van der Waals surface area contributed by atoms with Crippen LogP contribution in [0.3, 0.4) is 0 Å². The van der Waals surface area contributed by atoms with Crippen LogP contribution in [0.5, 0.6) is 0 Å². The van der Waals surface area contributed by atoms with Gasteiger partial charge in [-0.05, 0) is 22.6 Å². The molecule has 0 unspecified atom stereocenters. The van der Waals surface area contributed by atoms with Gasteiger partial charge >= 0.3 is 0 Å². The number of aromatic nitrogens is 1. The highest BCUT2D eigenvalue weighted by molar-refractivity contribution is 14.1. The quantitative estimate of drug-likeness (QED) is 0.833. The van der Waals surface area contributed by atoms with Gasteiger partial charge in [-0.2, -0.15) is 0 Å². The third kappa shape index (κ3) is 2.18. The molecule has 1 aromatic rings. The molecule has 0 radical (unpaired) electrons. The summed E-state index contributed by atoms with van der Waals surface area (Å²) in [4.78, 5) is 3.80. The summed E-state index contributed by atoms with van der Waals surface area (Å²) >= 11 is 1.86. The Balaban J connectivity index is 3.36. The molecule has 0 aliphatic carbocycles. The molecule has 1 heterocycles. The summed E-state index contributed by atoms with van der Waals surface area (Å²) in [6.45, 7) is -0.475. The Morgan fingerprint density at radius 1 is 1.57 bits per heavy atom. The van der Waals surface area contributed by atoms with Gasteiger partial charge in [-0.15, -0.1) is 0 Å². The molecular weight excluding hydrogens is 305 g/mol. The first-order chi connectivity index (χ1) is 6.61. The average molecular weight is 314 g/mol. The third-order valence-electron chi connectivity index (χ3n) is 1.83. The first-order valence-corrected chi connectivity index (χ1v) is 4.94. The maximum atomic E-state index is 12.6. The first kappa shape index (κ1) is 11.7. The molecular formula is C8H9F2IN2O. The lowest BCUT2D eigenvalue weighted by Crippen LogP contribution is -2.10. The van der Waals surface area contributed by atoms with Crippen molar-refractivity contribution in [3.63, 3.8) is 0 Å². The summed E-state index contributed by atoms with van der Waals surface area (Å²) in [5, 5.41) is 8.96. The standard InChI is InChI=1S/C8H9F2IN2O/c9-8(10)7-4(3-14)5(11)2-13-6(7)1-12/h2,8,14H,1,3,12H2. The van der Waals surface area contributed by atoms with Crippen LogP contribution in [0, 0.1) is 3.57 Å². The maximum absolute atomic E-state index is 12.6. The molecule has 0 aliphatic heterocycles. The van der Waals surface area contributed by atoms with E-state index in [0.29, 0.717) is 3.57 Å². The fourth-order valence-electron chi connectivity index (χ4n) is 1.17. The molecule has 0 fully saturated rings. The van der Waals surface area contributed by atoms with Crippen molar-refractivity contribution < 1.29 is 13.9 Å². The predicted octanol–water partition coefficient (Wildman–Crippen LogP) is 1.57. The fraction of sp³-hybridized carbons (Fsp3) is 0.375. The largest absolute Gasteiger partial charge is 0.392 e. The Bertz CT molecular complexity index is 333. The minimum atomic E-state index is -2.65. The highest BCUT2D eigenvalue weighted by atomic mass is 127. The van der Waals surface area contributed by atoms with E-state index < -0.39 is 13.0 Å². The van der Waals surface area contributed by atoms with Gasteiger partial charge in [0, 0.05) is 27.4 Å². The summed E-state index contributed by atoms with van der Waals surface area (Å²) in [5.74, 6) is 0. The van der Waals surface area contributed by atoms with Crippen molar-refractivity contribution in [3.05, 3.63) is 26.6 Å². The number of aliphatic hydroxyl groups excluding tert-OH is 1. The van der Waals surface area contributed by atoms with Gasteiger partial charge in [0.05, 0.1) is 12.3 Å². The fourth-order valence-corrected chi connectivity index (χ4v) is 1.77. The van der Waals surface area contributed by atoms with Crippen molar-refractivity contribution in [2.24, 2.45) is 5.73 Å². The highest BCUT2D eigenvalue weighted by Crippen LogP contribution is 2.28. The van der Waals surface area contributed by atoms with Crippen LogP contribution in [0.25, 0.3) is 0 Å². The van der Waals surface area contributed by atoms with Crippen molar-refractivity contribution in [2.75, 3.05) is 0 Å². The SMILES string of the molecule is NCc1ncc(I)c(CO)c1C(F)F. The van der Waals surface area contributed by atoms with Crippen molar-refractivity contribution in [1.82, 2.24) is 4.98 Å². The second-order valence-electron chi connectivity index (χ2n) is 2.61. The van der Waals surface area contributed by atoms with E-state index in [1.54, 1.807) is 0 Å². The van der Waals surface area contributed by atoms with Gasteiger partial charge in [0.2, 0.25) is 0 Å². The number of hydrogen-bond acceptors (Lipinski definition) is 3. The summed E-state index contributed by atoms with van der Waals surface area (Å²) in [6, 6.07) is 0. The molecule has 1 rings (SSSR count). The van der Waals surface area contributed by atoms with Gasteiger partial charge in [0.15, 0.2) is 0 Å². The molecule has 0 spiro atoms. The zero-order valence-corrected chi connectivity index (χ0v) is 9.33. The molecule has 0 saturated carbocycles. The third-order valence-corrected chi connectivity index (χ3v) is 2.76. The van der Waals surface area contributed by atoms with Crippen LogP contribution in [0.4, 0.5) is 8.78 Å². The molecule has 0 amide bonds. The van der Waals surface area contributed by atoms with E-state index >= 15 is 0 Å². The van der Waals surface area contributed by atoms with Gasteiger partial charge in [0.25, 0.3) is 6.43 Å². The Morgan fingerprint density at radius 2 is 2.21 bits per heavy atom. The second-order valence-corrected chi connectivity index (χ2v) is 3.77. The smallest absolute Gasteiger partial charge is 0.266 e. The Morgan fingerprint density at radius 3 is 2.64 bits per heavy atom. The molecule has 0 atom stereocenters. The van der Waals surface area contributed by atoms with Gasteiger partial charge in [0.1, 0.15) is 0 Å². The van der Waals surface area contributed by atoms with Crippen molar-refractivity contribution >= 4 is 22.6 Å². The number of hydrogen-bond donors (Lipinski definition) is 2. The maximum Gasteiger partial charge on any atom is 0.266 e. The molecule has 78 valence electrons. The second kappa shape index (κ2) is 4.94. The number of halogens is 3. The number of rotatable bonds is 3. The van der Waals surface area contributed by atoms with Crippen molar-refractivity contribution in [3.8, 4) is 0 Å². The molecule has 6 heteroatoms. The Hall–Kier alpha value is -0.340. The van der Waals surface area contributed by atoms with Crippen LogP contribution < -0.4 is 5.73 Å². The van der Waals surface area contributed by atoms with E-state index in [1.807, 2.05) is 22.6 Å². The van der Waals surface area contributed by atoms with Crippen LogP contribution in [0.15, 0.2) is 6.20 Å². The molecule has 0 bridgehead atoms. The monoisotopic (exact) mass is 314 g/mol. The summed E-state index contributed by atoms with van der Waals surface area (Å²) in [5.41, 5.74) is 5.41. The minimum Gasteiger partial charge on any atom is -0.392 e. The number of nitrogens with two attached hydrogens (primary N) is 1. The van der Waals surface area contributed by atoms with E-state index in [1.165, 1.54) is 6.20 Å². The van der Waals surface area contributed by atoms with E-state index in [4.69, 9.17) is 10.8 Å². The lowest BCUT2D eigenvalue weighted by molar-refractivity contribution is 0.145. The summed E-state index contributed by atoms with van der Waals surface area (Å²) < 4.78 is 25.8.